The van der Waals surface area contributed by atoms with Crippen LogP contribution in [-0.2, 0) is 16.0 Å². The first-order valence-electron chi connectivity index (χ1n) is 5.80. The SMILES string of the molecule is CN(C)C(=O)CNC(=O)CCc1ccc(N)cc1. The minimum absolute atomic E-state index is 0.0492. The molecule has 0 aromatic heterocycles. The molecule has 5 heteroatoms. The van der Waals surface area contributed by atoms with Gasteiger partial charge in [-0.25, -0.2) is 0 Å². The first kappa shape index (κ1) is 14.0. The van der Waals surface area contributed by atoms with Crippen molar-refractivity contribution in [2.24, 2.45) is 0 Å². The van der Waals surface area contributed by atoms with Crippen LogP contribution >= 0.6 is 0 Å². The molecule has 0 aliphatic heterocycles. The van der Waals surface area contributed by atoms with Gasteiger partial charge < -0.3 is 16.0 Å². The average molecular weight is 249 g/mol. The molecule has 3 N–H and O–H groups in total. The first-order valence-corrected chi connectivity index (χ1v) is 5.80. The Balaban J connectivity index is 2.29. The second-order valence-corrected chi connectivity index (χ2v) is 4.31. The predicted octanol–water partition coefficient (Wildman–Crippen LogP) is 0.406. The van der Waals surface area contributed by atoms with Crippen molar-refractivity contribution < 1.29 is 9.59 Å². The number of benzene rings is 1. The number of carbonyl (C=O) groups is 2. The zero-order valence-electron chi connectivity index (χ0n) is 10.8. The number of hydrogen-bond acceptors (Lipinski definition) is 3. The summed E-state index contributed by atoms with van der Waals surface area (Å²) in [6, 6.07) is 7.41. The van der Waals surface area contributed by atoms with E-state index < -0.39 is 0 Å². The van der Waals surface area contributed by atoms with Crippen LogP contribution in [-0.4, -0.2) is 37.4 Å². The molecule has 0 aliphatic rings. The average Bonchev–Trinajstić information content (AvgIpc) is 2.35. The van der Waals surface area contributed by atoms with Crippen molar-refractivity contribution in [1.82, 2.24) is 10.2 Å². The van der Waals surface area contributed by atoms with Gasteiger partial charge in [-0.2, -0.15) is 0 Å². The van der Waals surface area contributed by atoms with E-state index in [0.29, 0.717) is 18.5 Å². The van der Waals surface area contributed by atoms with Crippen molar-refractivity contribution >= 4 is 17.5 Å². The fraction of sp³-hybridized carbons (Fsp3) is 0.385. The fourth-order valence-corrected chi connectivity index (χ4v) is 1.36. The maximum atomic E-state index is 11.5. The number of aryl methyl sites for hydroxylation is 1. The molecular formula is C13H19N3O2. The third-order valence-electron chi connectivity index (χ3n) is 2.56. The number of amides is 2. The lowest BCUT2D eigenvalue weighted by Crippen LogP contribution is -2.36. The fourth-order valence-electron chi connectivity index (χ4n) is 1.36. The molecule has 0 aliphatic carbocycles. The Bertz CT molecular complexity index is 413. The maximum absolute atomic E-state index is 11.5. The second-order valence-electron chi connectivity index (χ2n) is 4.31. The highest BCUT2D eigenvalue weighted by Gasteiger charge is 2.07. The lowest BCUT2D eigenvalue weighted by Gasteiger charge is -2.10. The minimum atomic E-state index is -0.123. The number of nitrogens with zero attached hydrogens (tertiary/aromatic N) is 1. The summed E-state index contributed by atoms with van der Waals surface area (Å²) in [5.74, 6) is -0.238. The Morgan fingerprint density at radius 3 is 2.39 bits per heavy atom. The summed E-state index contributed by atoms with van der Waals surface area (Å²) in [7, 11) is 3.31. The van der Waals surface area contributed by atoms with Crippen LogP contribution in [0.4, 0.5) is 5.69 Å². The third kappa shape index (κ3) is 4.86. The van der Waals surface area contributed by atoms with Gasteiger partial charge >= 0.3 is 0 Å². The Labute approximate surface area is 107 Å². The zero-order chi connectivity index (χ0) is 13.5. The molecule has 0 saturated carbocycles. The Morgan fingerprint density at radius 2 is 1.83 bits per heavy atom. The molecule has 0 heterocycles. The molecule has 18 heavy (non-hydrogen) atoms. The third-order valence-corrected chi connectivity index (χ3v) is 2.56. The summed E-state index contributed by atoms with van der Waals surface area (Å²) in [5, 5.41) is 2.59. The van der Waals surface area contributed by atoms with Gasteiger partial charge in [0.15, 0.2) is 0 Å². The van der Waals surface area contributed by atoms with Gasteiger partial charge in [0.05, 0.1) is 6.54 Å². The minimum Gasteiger partial charge on any atom is -0.399 e. The van der Waals surface area contributed by atoms with E-state index in [1.54, 1.807) is 14.1 Å². The van der Waals surface area contributed by atoms with Crippen LogP contribution in [0.3, 0.4) is 0 Å². The number of likely N-dealkylation sites (N-methyl/N-ethyl adjacent to an activating group) is 1. The van der Waals surface area contributed by atoms with E-state index in [-0.39, 0.29) is 18.4 Å². The number of anilines is 1. The first-order chi connectivity index (χ1) is 8.49. The predicted molar refractivity (Wildman–Crippen MR) is 70.9 cm³/mol. The summed E-state index contributed by atoms with van der Waals surface area (Å²) >= 11 is 0. The van der Waals surface area contributed by atoms with Crippen LogP contribution in [0.15, 0.2) is 24.3 Å². The molecule has 98 valence electrons. The summed E-state index contributed by atoms with van der Waals surface area (Å²) in [6.45, 7) is 0.0492. The molecule has 5 nitrogen and oxygen atoms in total. The van der Waals surface area contributed by atoms with Crippen molar-refractivity contribution in [3.63, 3.8) is 0 Å². The summed E-state index contributed by atoms with van der Waals surface area (Å²) in [5.41, 5.74) is 7.33. The van der Waals surface area contributed by atoms with Crippen molar-refractivity contribution in [3.8, 4) is 0 Å². The monoisotopic (exact) mass is 249 g/mol. The highest BCUT2D eigenvalue weighted by Crippen LogP contribution is 2.07. The molecule has 0 saturated heterocycles. The summed E-state index contributed by atoms with van der Waals surface area (Å²) in [4.78, 5) is 24.2. The smallest absolute Gasteiger partial charge is 0.241 e. The summed E-state index contributed by atoms with van der Waals surface area (Å²) in [6.07, 6.45) is 1.01. The van der Waals surface area contributed by atoms with Crippen molar-refractivity contribution in [3.05, 3.63) is 29.8 Å². The Hall–Kier alpha value is -2.04. The van der Waals surface area contributed by atoms with E-state index in [9.17, 15) is 9.59 Å². The van der Waals surface area contributed by atoms with E-state index in [1.165, 1.54) is 4.90 Å². The van der Waals surface area contributed by atoms with Gasteiger partial charge in [0.1, 0.15) is 0 Å². The largest absolute Gasteiger partial charge is 0.399 e. The number of nitrogens with one attached hydrogen (secondary N) is 1. The lowest BCUT2D eigenvalue weighted by molar-refractivity contribution is -0.130. The number of carbonyl (C=O) groups excluding carboxylic acids is 2. The molecule has 1 rings (SSSR count). The van der Waals surface area contributed by atoms with Gasteiger partial charge in [-0.1, -0.05) is 12.1 Å². The van der Waals surface area contributed by atoms with Gasteiger partial charge in [0, 0.05) is 26.2 Å². The van der Waals surface area contributed by atoms with E-state index in [0.717, 1.165) is 5.56 Å². The molecule has 0 radical (unpaired) electrons. The van der Waals surface area contributed by atoms with E-state index in [4.69, 9.17) is 5.73 Å². The lowest BCUT2D eigenvalue weighted by atomic mass is 10.1. The molecule has 1 aromatic rings. The standard InChI is InChI=1S/C13H19N3O2/c1-16(2)13(18)9-15-12(17)8-5-10-3-6-11(14)7-4-10/h3-4,6-7H,5,8-9,14H2,1-2H3,(H,15,17). The number of nitrogens with two attached hydrogens (primary N) is 1. The van der Waals surface area contributed by atoms with E-state index >= 15 is 0 Å². The number of hydrogen-bond donors (Lipinski definition) is 2. The molecule has 2 amide bonds. The van der Waals surface area contributed by atoms with Gasteiger partial charge in [-0.15, -0.1) is 0 Å². The molecule has 0 unspecified atom stereocenters. The van der Waals surface area contributed by atoms with E-state index in [2.05, 4.69) is 5.32 Å². The Morgan fingerprint density at radius 1 is 1.22 bits per heavy atom. The second kappa shape index (κ2) is 6.64. The quantitative estimate of drug-likeness (QED) is 0.742. The molecule has 1 aromatic carbocycles. The van der Waals surface area contributed by atoms with Gasteiger partial charge in [0.2, 0.25) is 11.8 Å². The van der Waals surface area contributed by atoms with Crippen LogP contribution in [0.5, 0.6) is 0 Å². The number of rotatable bonds is 5. The molecule has 0 fully saturated rings. The highest BCUT2D eigenvalue weighted by atomic mass is 16.2. The Kier molecular flexibility index (Phi) is 5.17. The number of nitrogen functional groups attached to an aromatic ring is 1. The van der Waals surface area contributed by atoms with Gasteiger partial charge in [-0.3, -0.25) is 9.59 Å². The maximum Gasteiger partial charge on any atom is 0.241 e. The normalized spacial score (nSPS) is 9.89. The van der Waals surface area contributed by atoms with Crippen LogP contribution in [0.1, 0.15) is 12.0 Å². The zero-order valence-corrected chi connectivity index (χ0v) is 10.8. The van der Waals surface area contributed by atoms with Gasteiger partial charge in [-0.05, 0) is 24.1 Å². The van der Waals surface area contributed by atoms with Crippen molar-refractivity contribution in [2.75, 3.05) is 26.4 Å². The molecule has 0 atom stereocenters. The van der Waals surface area contributed by atoms with Crippen LogP contribution < -0.4 is 11.1 Å². The summed E-state index contributed by atoms with van der Waals surface area (Å²) < 4.78 is 0. The topological polar surface area (TPSA) is 75.4 Å². The van der Waals surface area contributed by atoms with Crippen LogP contribution in [0.2, 0.25) is 0 Å². The molecule has 0 bridgehead atoms. The van der Waals surface area contributed by atoms with Crippen molar-refractivity contribution in [2.45, 2.75) is 12.8 Å². The van der Waals surface area contributed by atoms with Crippen LogP contribution in [0, 0.1) is 0 Å². The highest BCUT2D eigenvalue weighted by molar-refractivity contribution is 5.84. The van der Waals surface area contributed by atoms with Crippen molar-refractivity contribution in [1.29, 1.82) is 0 Å². The van der Waals surface area contributed by atoms with E-state index in [1.807, 2.05) is 24.3 Å². The molecule has 0 spiro atoms. The van der Waals surface area contributed by atoms with Crippen LogP contribution in [0.25, 0.3) is 0 Å². The molecular weight excluding hydrogens is 230 g/mol. The van der Waals surface area contributed by atoms with Gasteiger partial charge in [0.25, 0.3) is 0 Å².